The zero-order chi connectivity index (χ0) is 9.19. The van der Waals surface area contributed by atoms with Gasteiger partial charge in [-0.05, 0) is 24.7 Å². The Bertz CT molecular complexity index is 167. The van der Waals surface area contributed by atoms with Gasteiger partial charge in [0.1, 0.15) is 0 Å². The first-order chi connectivity index (χ1) is 5.53. The lowest BCUT2D eigenvalue weighted by molar-refractivity contribution is -0.123. The van der Waals surface area contributed by atoms with E-state index in [1.807, 2.05) is 6.92 Å². The summed E-state index contributed by atoms with van der Waals surface area (Å²) < 4.78 is 0. The predicted molar refractivity (Wildman–Crippen MR) is 49.9 cm³/mol. The molecule has 0 heterocycles. The van der Waals surface area contributed by atoms with Gasteiger partial charge in [-0.15, -0.1) is 0 Å². The van der Waals surface area contributed by atoms with Gasteiger partial charge in [0.2, 0.25) is 5.91 Å². The summed E-state index contributed by atoms with van der Waals surface area (Å²) in [5, 5.41) is 3.03. The molecule has 1 aliphatic carbocycles. The fraction of sp³-hybridized carbons (Fsp3) is 0.900. The van der Waals surface area contributed by atoms with Gasteiger partial charge in [0.15, 0.2) is 0 Å². The lowest BCUT2D eigenvalue weighted by Gasteiger charge is -2.42. The molecule has 0 atom stereocenters. The van der Waals surface area contributed by atoms with E-state index in [0.29, 0.717) is 17.9 Å². The van der Waals surface area contributed by atoms with Crippen LogP contribution in [0.4, 0.5) is 0 Å². The molecule has 0 aromatic carbocycles. The van der Waals surface area contributed by atoms with Gasteiger partial charge in [0, 0.05) is 12.5 Å². The normalized spacial score (nSPS) is 21.6. The van der Waals surface area contributed by atoms with Crippen molar-refractivity contribution in [2.75, 3.05) is 0 Å². The van der Waals surface area contributed by atoms with Crippen molar-refractivity contribution in [3.05, 3.63) is 0 Å². The van der Waals surface area contributed by atoms with Crippen molar-refractivity contribution in [2.24, 2.45) is 5.41 Å². The maximum Gasteiger partial charge on any atom is 0.220 e. The molecule has 2 nitrogen and oxygen atoms in total. The third-order valence-corrected chi connectivity index (χ3v) is 2.44. The molecule has 0 unspecified atom stereocenters. The van der Waals surface area contributed by atoms with Crippen molar-refractivity contribution >= 4 is 5.91 Å². The zero-order valence-electron chi connectivity index (χ0n) is 8.31. The Labute approximate surface area is 74.7 Å². The molecule has 1 saturated carbocycles. The van der Waals surface area contributed by atoms with Gasteiger partial charge in [-0.1, -0.05) is 20.8 Å². The molecule has 0 saturated heterocycles. The summed E-state index contributed by atoms with van der Waals surface area (Å²) in [4.78, 5) is 11.1. The number of amides is 1. The van der Waals surface area contributed by atoms with Crippen LogP contribution in [0.5, 0.6) is 0 Å². The lowest BCUT2D eigenvalue weighted by Crippen LogP contribution is -2.48. The second-order valence-corrected chi connectivity index (χ2v) is 4.59. The maximum atomic E-state index is 11.1. The number of nitrogens with one attached hydrogen (secondary N) is 1. The average molecular weight is 169 g/mol. The molecular formula is C10H19NO. The summed E-state index contributed by atoms with van der Waals surface area (Å²) in [6.45, 7) is 6.52. The number of rotatable bonds is 3. The molecule has 1 fully saturated rings. The Morgan fingerprint density at radius 1 is 1.50 bits per heavy atom. The minimum atomic E-state index is 0.220. The minimum absolute atomic E-state index is 0.220. The monoisotopic (exact) mass is 169 g/mol. The second kappa shape index (κ2) is 3.46. The van der Waals surface area contributed by atoms with E-state index in [9.17, 15) is 4.79 Å². The standard InChI is InChI=1S/C10H19NO/c1-4-5-9(12)11-8-6-10(2,3)7-8/h8H,4-7H2,1-3H3,(H,11,12). The summed E-state index contributed by atoms with van der Waals surface area (Å²) in [7, 11) is 0. The fourth-order valence-corrected chi connectivity index (χ4v) is 1.90. The SMILES string of the molecule is CCCC(=O)NC1CC(C)(C)C1. The minimum Gasteiger partial charge on any atom is -0.353 e. The van der Waals surface area contributed by atoms with E-state index in [1.165, 1.54) is 0 Å². The number of hydrogen-bond acceptors (Lipinski definition) is 1. The number of hydrogen-bond donors (Lipinski definition) is 1. The van der Waals surface area contributed by atoms with E-state index in [-0.39, 0.29) is 5.91 Å². The summed E-state index contributed by atoms with van der Waals surface area (Å²) >= 11 is 0. The molecule has 0 radical (unpaired) electrons. The van der Waals surface area contributed by atoms with Crippen molar-refractivity contribution in [1.29, 1.82) is 0 Å². The molecule has 1 N–H and O–H groups in total. The quantitative estimate of drug-likeness (QED) is 0.688. The highest BCUT2D eigenvalue weighted by molar-refractivity contribution is 5.76. The van der Waals surface area contributed by atoms with Gasteiger partial charge in [-0.25, -0.2) is 0 Å². The average Bonchev–Trinajstić information content (AvgIpc) is 1.83. The molecule has 0 aliphatic heterocycles. The molecular weight excluding hydrogens is 150 g/mol. The predicted octanol–water partition coefficient (Wildman–Crippen LogP) is 2.09. The molecule has 1 aliphatic rings. The highest BCUT2D eigenvalue weighted by Crippen LogP contribution is 2.39. The van der Waals surface area contributed by atoms with Crippen molar-refractivity contribution in [1.82, 2.24) is 5.32 Å². The molecule has 2 heteroatoms. The van der Waals surface area contributed by atoms with E-state index in [0.717, 1.165) is 19.3 Å². The Morgan fingerprint density at radius 3 is 2.50 bits per heavy atom. The van der Waals surface area contributed by atoms with Crippen molar-refractivity contribution in [3.63, 3.8) is 0 Å². The molecule has 70 valence electrons. The Balaban J connectivity index is 2.14. The molecule has 0 aromatic rings. The largest absolute Gasteiger partial charge is 0.353 e. The van der Waals surface area contributed by atoms with E-state index in [4.69, 9.17) is 0 Å². The van der Waals surface area contributed by atoms with Crippen molar-refractivity contribution < 1.29 is 4.79 Å². The van der Waals surface area contributed by atoms with Crippen LogP contribution in [0, 0.1) is 5.41 Å². The first-order valence-electron chi connectivity index (χ1n) is 4.83. The van der Waals surface area contributed by atoms with Gasteiger partial charge in [-0.2, -0.15) is 0 Å². The van der Waals surface area contributed by atoms with Gasteiger partial charge in [0.05, 0.1) is 0 Å². The van der Waals surface area contributed by atoms with E-state index in [1.54, 1.807) is 0 Å². The first-order valence-corrected chi connectivity index (χ1v) is 4.83. The summed E-state index contributed by atoms with van der Waals surface area (Å²) in [6.07, 6.45) is 3.91. The van der Waals surface area contributed by atoms with Gasteiger partial charge in [0.25, 0.3) is 0 Å². The van der Waals surface area contributed by atoms with E-state index in [2.05, 4.69) is 19.2 Å². The lowest BCUT2D eigenvalue weighted by atomic mass is 9.68. The topological polar surface area (TPSA) is 29.1 Å². The Kier molecular flexibility index (Phi) is 2.76. The van der Waals surface area contributed by atoms with E-state index >= 15 is 0 Å². The molecule has 0 aromatic heterocycles. The number of carbonyl (C=O) groups is 1. The smallest absolute Gasteiger partial charge is 0.220 e. The summed E-state index contributed by atoms with van der Waals surface area (Å²) in [5.74, 6) is 0.220. The zero-order valence-corrected chi connectivity index (χ0v) is 8.31. The Morgan fingerprint density at radius 2 is 2.08 bits per heavy atom. The maximum absolute atomic E-state index is 11.1. The highest BCUT2D eigenvalue weighted by atomic mass is 16.1. The van der Waals surface area contributed by atoms with E-state index < -0.39 is 0 Å². The Hall–Kier alpha value is -0.530. The molecule has 0 spiro atoms. The molecule has 12 heavy (non-hydrogen) atoms. The van der Waals surface area contributed by atoms with Crippen LogP contribution >= 0.6 is 0 Å². The van der Waals surface area contributed by atoms with Crippen LogP contribution < -0.4 is 5.32 Å². The fourth-order valence-electron chi connectivity index (χ4n) is 1.90. The first kappa shape index (κ1) is 9.56. The van der Waals surface area contributed by atoms with Crippen LogP contribution in [0.3, 0.4) is 0 Å². The van der Waals surface area contributed by atoms with Crippen molar-refractivity contribution in [3.8, 4) is 0 Å². The van der Waals surface area contributed by atoms with Crippen LogP contribution in [0.15, 0.2) is 0 Å². The number of carbonyl (C=O) groups excluding carboxylic acids is 1. The second-order valence-electron chi connectivity index (χ2n) is 4.59. The van der Waals surface area contributed by atoms with Gasteiger partial charge >= 0.3 is 0 Å². The summed E-state index contributed by atoms with van der Waals surface area (Å²) in [6, 6.07) is 0.457. The summed E-state index contributed by atoms with van der Waals surface area (Å²) in [5.41, 5.74) is 0.462. The third-order valence-electron chi connectivity index (χ3n) is 2.44. The molecule has 1 amide bonds. The van der Waals surface area contributed by atoms with Crippen LogP contribution in [0.2, 0.25) is 0 Å². The van der Waals surface area contributed by atoms with Crippen LogP contribution in [0.25, 0.3) is 0 Å². The molecule has 1 rings (SSSR count). The van der Waals surface area contributed by atoms with Gasteiger partial charge < -0.3 is 5.32 Å². The van der Waals surface area contributed by atoms with Crippen molar-refractivity contribution in [2.45, 2.75) is 52.5 Å². The van der Waals surface area contributed by atoms with Crippen LogP contribution in [-0.4, -0.2) is 11.9 Å². The highest BCUT2D eigenvalue weighted by Gasteiger charge is 2.36. The third kappa shape index (κ3) is 2.50. The molecule has 0 bridgehead atoms. The van der Waals surface area contributed by atoms with Gasteiger partial charge in [-0.3, -0.25) is 4.79 Å². The van der Waals surface area contributed by atoms with Crippen LogP contribution in [-0.2, 0) is 4.79 Å². The van der Waals surface area contributed by atoms with Crippen LogP contribution in [0.1, 0.15) is 46.5 Å².